The van der Waals surface area contributed by atoms with Gasteiger partial charge in [-0.3, -0.25) is 0 Å². The number of hydrogen-bond donors (Lipinski definition) is 0. The Morgan fingerprint density at radius 2 is 0.778 bits per heavy atom. The van der Waals surface area contributed by atoms with E-state index < -0.39 is 0 Å². The van der Waals surface area contributed by atoms with E-state index in [1.165, 1.54) is 32.6 Å². The van der Waals surface area contributed by atoms with E-state index in [9.17, 15) is 0 Å². The number of hydrogen-bond acceptors (Lipinski definition) is 2. The van der Waals surface area contributed by atoms with Crippen molar-refractivity contribution in [1.82, 2.24) is 23.7 Å². The molecule has 13 aromatic rings. The van der Waals surface area contributed by atoms with Gasteiger partial charge in [-0.05, 0) is 66.7 Å². The minimum absolute atomic E-state index is 0.685. The first-order valence-electron chi connectivity index (χ1n) is 21.4. The van der Waals surface area contributed by atoms with Crippen LogP contribution in [0.25, 0.3) is 116 Å². The monoisotopic (exact) mass is 803 g/mol. The molecule has 5 heteroatoms. The molecule has 63 heavy (non-hydrogen) atoms. The summed E-state index contributed by atoms with van der Waals surface area (Å²) in [6.07, 6.45) is 0. The van der Waals surface area contributed by atoms with Crippen LogP contribution in [0.15, 0.2) is 224 Å². The van der Waals surface area contributed by atoms with Crippen LogP contribution < -0.4 is 0 Å². The van der Waals surface area contributed by atoms with Gasteiger partial charge in [-0.15, -0.1) is 0 Å². The van der Waals surface area contributed by atoms with Gasteiger partial charge in [0.05, 0.1) is 44.5 Å². The average Bonchev–Trinajstić information content (AvgIpc) is 4.00. The number of benzene rings is 9. The summed E-state index contributed by atoms with van der Waals surface area (Å²) >= 11 is 0. The molecule has 5 nitrogen and oxygen atoms in total. The molecular weight excluding hydrogens is 767 g/mol. The van der Waals surface area contributed by atoms with Crippen LogP contribution in [-0.2, 0) is 0 Å². The lowest BCUT2D eigenvalue weighted by Crippen LogP contribution is -2.00. The summed E-state index contributed by atoms with van der Waals surface area (Å²) in [4.78, 5) is 10.7. The maximum atomic E-state index is 5.48. The predicted molar refractivity (Wildman–Crippen MR) is 261 cm³/mol. The highest BCUT2D eigenvalue weighted by molar-refractivity contribution is 6.26. The Morgan fingerprint density at radius 3 is 1.41 bits per heavy atom. The fourth-order valence-electron chi connectivity index (χ4n) is 9.96. The minimum Gasteiger partial charge on any atom is -0.309 e. The van der Waals surface area contributed by atoms with Gasteiger partial charge < -0.3 is 13.7 Å². The lowest BCUT2D eigenvalue weighted by molar-refractivity contribution is 1.15. The van der Waals surface area contributed by atoms with Gasteiger partial charge in [0, 0.05) is 66.1 Å². The summed E-state index contributed by atoms with van der Waals surface area (Å²) in [5.41, 5.74) is 14.9. The third-order valence-electron chi connectivity index (χ3n) is 12.6. The summed E-state index contributed by atoms with van der Waals surface area (Å²) < 4.78 is 7.33. The van der Waals surface area contributed by atoms with E-state index in [4.69, 9.17) is 9.97 Å². The van der Waals surface area contributed by atoms with Crippen LogP contribution in [0.5, 0.6) is 0 Å². The quantitative estimate of drug-likeness (QED) is 0.168. The van der Waals surface area contributed by atoms with Crippen molar-refractivity contribution in [3.63, 3.8) is 0 Å². The van der Waals surface area contributed by atoms with E-state index in [0.717, 1.165) is 78.0 Å². The van der Waals surface area contributed by atoms with E-state index >= 15 is 0 Å². The van der Waals surface area contributed by atoms with E-state index in [-0.39, 0.29) is 0 Å². The predicted octanol–water partition coefficient (Wildman–Crippen LogP) is 14.8. The van der Waals surface area contributed by atoms with E-state index in [1.807, 2.05) is 6.07 Å². The molecule has 0 N–H and O–H groups in total. The molecule has 0 saturated heterocycles. The summed E-state index contributed by atoms with van der Waals surface area (Å²) in [6, 6.07) is 80.2. The minimum atomic E-state index is 0.685. The lowest BCUT2D eigenvalue weighted by Gasteiger charge is -2.16. The van der Waals surface area contributed by atoms with Gasteiger partial charge in [-0.1, -0.05) is 158 Å². The molecule has 0 aliphatic carbocycles. The maximum Gasteiger partial charge on any atom is 0.160 e. The van der Waals surface area contributed by atoms with Gasteiger partial charge in [0.25, 0.3) is 0 Å². The topological polar surface area (TPSA) is 40.6 Å². The Balaban J connectivity index is 1.21. The first kappa shape index (κ1) is 35.2. The molecule has 13 rings (SSSR count). The Morgan fingerprint density at radius 1 is 0.286 bits per heavy atom. The number of aromatic nitrogens is 5. The summed E-state index contributed by atoms with van der Waals surface area (Å²) in [5.74, 6) is 0.685. The van der Waals surface area contributed by atoms with Crippen molar-refractivity contribution < 1.29 is 0 Å². The summed E-state index contributed by atoms with van der Waals surface area (Å²) in [6.45, 7) is 0. The van der Waals surface area contributed by atoms with Gasteiger partial charge >= 0.3 is 0 Å². The van der Waals surface area contributed by atoms with E-state index in [0.29, 0.717) is 5.82 Å². The maximum absolute atomic E-state index is 5.48. The molecule has 0 radical (unpaired) electrons. The third kappa shape index (κ3) is 5.43. The van der Waals surface area contributed by atoms with E-state index in [1.54, 1.807) is 0 Å². The Hall–Kier alpha value is -8.54. The van der Waals surface area contributed by atoms with Crippen molar-refractivity contribution in [2.45, 2.75) is 0 Å². The molecule has 0 spiro atoms. The SMILES string of the molecule is c1ccc(-c2cc(-c3cc(-n4c5ccccc5c5ccc6c(c7ccccc7n6-c6ccccc6)c54)cc4c3c3ccccc3n4-c3ccccc3)nc(-c3ccccc3)n2)cc1. The van der Waals surface area contributed by atoms with Crippen molar-refractivity contribution in [3.8, 4) is 51.0 Å². The van der Waals surface area contributed by atoms with Crippen LogP contribution in [0.2, 0.25) is 0 Å². The highest BCUT2D eigenvalue weighted by atomic mass is 15.0. The molecule has 0 unspecified atom stereocenters. The van der Waals surface area contributed by atoms with Crippen molar-refractivity contribution in [3.05, 3.63) is 224 Å². The zero-order chi connectivity index (χ0) is 41.4. The van der Waals surface area contributed by atoms with Crippen molar-refractivity contribution in [1.29, 1.82) is 0 Å². The number of para-hydroxylation sites is 5. The molecule has 294 valence electrons. The van der Waals surface area contributed by atoms with Crippen LogP contribution in [0, 0.1) is 0 Å². The van der Waals surface area contributed by atoms with Crippen LogP contribution in [0.4, 0.5) is 0 Å². The molecule has 4 heterocycles. The van der Waals surface area contributed by atoms with Crippen molar-refractivity contribution in [2.24, 2.45) is 0 Å². The number of nitrogens with zero attached hydrogens (tertiary/aromatic N) is 5. The van der Waals surface area contributed by atoms with Gasteiger partial charge in [-0.25, -0.2) is 9.97 Å². The largest absolute Gasteiger partial charge is 0.309 e. The van der Waals surface area contributed by atoms with Gasteiger partial charge in [0.2, 0.25) is 0 Å². The summed E-state index contributed by atoms with van der Waals surface area (Å²) in [7, 11) is 0. The normalized spacial score (nSPS) is 11.8. The second kappa shape index (κ2) is 14.0. The van der Waals surface area contributed by atoms with Crippen molar-refractivity contribution >= 4 is 65.4 Å². The molecule has 4 aromatic heterocycles. The first-order chi connectivity index (χ1) is 31.3. The lowest BCUT2D eigenvalue weighted by atomic mass is 10.00. The molecule has 0 amide bonds. The van der Waals surface area contributed by atoms with Gasteiger partial charge in [0.1, 0.15) is 0 Å². The zero-order valence-electron chi connectivity index (χ0n) is 34.1. The van der Waals surface area contributed by atoms with Crippen LogP contribution in [0.3, 0.4) is 0 Å². The first-order valence-corrected chi connectivity index (χ1v) is 21.4. The second-order valence-electron chi connectivity index (χ2n) is 16.2. The van der Waals surface area contributed by atoms with Crippen LogP contribution >= 0.6 is 0 Å². The van der Waals surface area contributed by atoms with Crippen molar-refractivity contribution in [2.75, 3.05) is 0 Å². The highest BCUT2D eigenvalue weighted by Gasteiger charge is 2.24. The standard InChI is InChI=1S/C58H37N5/c1-5-19-38(20-6-1)48-37-49(60-58(59-48)39-21-7-2-8-22-39)47-35-42(36-54-55(47)45-28-14-17-31-51(45)62(54)41-25-11-4-12-26-41)63-50-30-16-13-27-43(50)44-33-34-53-56(57(44)63)46-29-15-18-32-52(46)61(53)40-23-9-3-10-24-40/h1-37H. The number of fused-ring (bicyclic) bond motifs is 10. The molecule has 9 aromatic carbocycles. The smallest absolute Gasteiger partial charge is 0.160 e. The number of rotatable bonds is 6. The summed E-state index contributed by atoms with van der Waals surface area (Å²) in [5, 5.41) is 7.14. The van der Waals surface area contributed by atoms with Crippen LogP contribution in [0.1, 0.15) is 0 Å². The van der Waals surface area contributed by atoms with Gasteiger partial charge in [0.15, 0.2) is 5.82 Å². The molecule has 0 atom stereocenters. The molecule has 0 saturated carbocycles. The highest BCUT2D eigenvalue weighted by Crippen LogP contribution is 2.45. The second-order valence-corrected chi connectivity index (χ2v) is 16.2. The van der Waals surface area contributed by atoms with Crippen LogP contribution in [-0.4, -0.2) is 23.7 Å². The van der Waals surface area contributed by atoms with E-state index in [2.05, 4.69) is 232 Å². The molecule has 0 aliphatic heterocycles. The molecular formula is C58H37N5. The molecule has 0 fully saturated rings. The third-order valence-corrected chi connectivity index (χ3v) is 12.6. The Labute approximate surface area is 363 Å². The Kier molecular flexibility index (Phi) is 7.84. The Bertz CT molecular complexity index is 3820. The fraction of sp³-hybridized carbons (Fsp3) is 0. The van der Waals surface area contributed by atoms with Gasteiger partial charge in [-0.2, -0.15) is 0 Å². The fourth-order valence-corrected chi connectivity index (χ4v) is 9.96. The average molecular weight is 804 g/mol. The zero-order valence-corrected chi connectivity index (χ0v) is 34.1. The molecule has 0 bridgehead atoms. The molecule has 0 aliphatic rings.